The van der Waals surface area contributed by atoms with Crippen molar-refractivity contribution in [3.63, 3.8) is 0 Å². The van der Waals surface area contributed by atoms with E-state index in [2.05, 4.69) is 34.6 Å². The van der Waals surface area contributed by atoms with Crippen LogP contribution in [-0.4, -0.2) is 54.7 Å². The van der Waals surface area contributed by atoms with E-state index >= 15 is 0 Å². The number of carbonyl (C=O) groups is 1. The van der Waals surface area contributed by atoms with Crippen LogP contribution in [0.1, 0.15) is 60.9 Å². The number of ether oxygens (including phenoxy) is 1. The Morgan fingerprint density at radius 3 is 2.32 bits per heavy atom. The highest BCUT2D eigenvalue weighted by Crippen LogP contribution is 2.37. The molecule has 182 valence electrons. The fraction of sp³-hybridized carbons (Fsp3) is 0.552. The zero-order valence-electron chi connectivity index (χ0n) is 20.5. The first kappa shape index (κ1) is 23.4. The highest BCUT2D eigenvalue weighted by Gasteiger charge is 2.35. The number of nitrogens with zero attached hydrogens (tertiary/aromatic N) is 2. The third-order valence-corrected chi connectivity index (χ3v) is 8.14. The van der Waals surface area contributed by atoms with Gasteiger partial charge in [0.2, 0.25) is 0 Å². The second-order valence-electron chi connectivity index (χ2n) is 10.7. The number of quaternary nitrogens is 1. The maximum atomic E-state index is 13.1. The summed E-state index contributed by atoms with van der Waals surface area (Å²) >= 11 is 0. The van der Waals surface area contributed by atoms with Gasteiger partial charge in [-0.15, -0.1) is 0 Å². The van der Waals surface area contributed by atoms with Gasteiger partial charge in [0.15, 0.2) is 0 Å². The number of piperidine rings is 1. The van der Waals surface area contributed by atoms with Crippen molar-refractivity contribution in [2.45, 2.75) is 51.5 Å². The van der Waals surface area contributed by atoms with E-state index in [0.717, 1.165) is 69.6 Å². The molecule has 1 aliphatic carbocycles. The molecule has 2 heterocycles. The Kier molecular flexibility index (Phi) is 7.51. The molecule has 2 aromatic carbocycles. The average molecular weight is 463 g/mol. The van der Waals surface area contributed by atoms with Gasteiger partial charge in [-0.05, 0) is 74.6 Å². The molecule has 2 atom stereocenters. The molecule has 0 bridgehead atoms. The molecular formula is C29H40N3O2+. The van der Waals surface area contributed by atoms with Crippen molar-refractivity contribution in [3.05, 3.63) is 65.7 Å². The van der Waals surface area contributed by atoms with Gasteiger partial charge in [-0.1, -0.05) is 36.8 Å². The standard InChI is InChI=1S/C29H39N3O2/c33-29(30-32(18-5-2-6-19-32)23-24-9-3-1-4-10-24)25-13-15-28(16-14-25)34-20-8-17-31-21-26-11-7-12-27(26)22-31/h1,3-4,9-10,13-16,26-27H,2,5-8,11-12,17-23H2/p+1. The molecule has 3 aliphatic rings. The van der Waals surface area contributed by atoms with Crippen LogP contribution in [0.4, 0.5) is 0 Å². The third kappa shape index (κ3) is 5.81. The summed E-state index contributed by atoms with van der Waals surface area (Å²) in [6, 6.07) is 18.2. The number of likely N-dealkylation sites (tertiary alicyclic amines) is 2. The molecule has 5 rings (SSSR count). The van der Waals surface area contributed by atoms with Crippen molar-refractivity contribution >= 4 is 5.91 Å². The molecule has 0 aromatic heterocycles. The monoisotopic (exact) mass is 462 g/mol. The van der Waals surface area contributed by atoms with Crippen molar-refractivity contribution in [3.8, 4) is 5.75 Å². The smallest absolute Gasteiger partial charge is 0.295 e. The number of fused-ring (bicyclic) bond motifs is 1. The zero-order valence-corrected chi connectivity index (χ0v) is 20.5. The summed E-state index contributed by atoms with van der Waals surface area (Å²) in [7, 11) is 0. The number of amides is 1. The molecule has 5 heteroatoms. The van der Waals surface area contributed by atoms with E-state index < -0.39 is 0 Å². The third-order valence-electron chi connectivity index (χ3n) is 8.14. The SMILES string of the molecule is O=C(N[N+]1(Cc2ccccc2)CCCCC1)c1ccc(OCCCN2CC3CCCC3C2)cc1. The van der Waals surface area contributed by atoms with Gasteiger partial charge in [0.25, 0.3) is 5.91 Å². The predicted octanol–water partition coefficient (Wildman–Crippen LogP) is 5.03. The van der Waals surface area contributed by atoms with Crippen LogP contribution in [0.3, 0.4) is 0 Å². The van der Waals surface area contributed by atoms with Gasteiger partial charge in [-0.25, -0.2) is 4.59 Å². The van der Waals surface area contributed by atoms with Crippen LogP contribution in [0, 0.1) is 11.8 Å². The number of benzene rings is 2. The number of hydrogen-bond donors (Lipinski definition) is 1. The molecule has 5 nitrogen and oxygen atoms in total. The van der Waals surface area contributed by atoms with E-state index in [1.54, 1.807) is 0 Å². The first-order valence-corrected chi connectivity index (χ1v) is 13.4. The Bertz CT molecular complexity index is 912. The molecule has 2 aliphatic heterocycles. The predicted molar refractivity (Wildman–Crippen MR) is 135 cm³/mol. The molecule has 2 unspecified atom stereocenters. The fourth-order valence-corrected chi connectivity index (χ4v) is 6.34. The minimum atomic E-state index is 0.00367. The van der Waals surface area contributed by atoms with E-state index in [-0.39, 0.29) is 5.91 Å². The van der Waals surface area contributed by atoms with E-state index in [0.29, 0.717) is 10.2 Å². The molecule has 2 aromatic rings. The number of carbonyl (C=O) groups excluding carboxylic acids is 1. The van der Waals surface area contributed by atoms with Crippen LogP contribution < -0.4 is 10.2 Å². The Balaban J connectivity index is 1.10. The lowest BCUT2D eigenvalue weighted by Crippen LogP contribution is -2.61. The van der Waals surface area contributed by atoms with E-state index in [1.165, 1.54) is 44.3 Å². The van der Waals surface area contributed by atoms with Gasteiger partial charge < -0.3 is 9.64 Å². The number of rotatable bonds is 9. The molecule has 1 amide bonds. The van der Waals surface area contributed by atoms with Crippen molar-refractivity contribution in [2.24, 2.45) is 11.8 Å². The Morgan fingerprint density at radius 1 is 0.912 bits per heavy atom. The molecule has 34 heavy (non-hydrogen) atoms. The average Bonchev–Trinajstić information content (AvgIpc) is 3.45. The minimum absolute atomic E-state index is 0.00367. The first-order valence-electron chi connectivity index (χ1n) is 13.4. The molecule has 3 fully saturated rings. The van der Waals surface area contributed by atoms with E-state index in [1.807, 2.05) is 30.3 Å². The molecular weight excluding hydrogens is 422 g/mol. The normalized spacial score (nSPS) is 24.0. The van der Waals surface area contributed by atoms with E-state index in [9.17, 15) is 4.79 Å². The summed E-state index contributed by atoms with van der Waals surface area (Å²) < 4.78 is 6.62. The number of hydrogen-bond acceptors (Lipinski definition) is 3. The van der Waals surface area contributed by atoms with Crippen molar-refractivity contribution in [1.29, 1.82) is 0 Å². The maximum absolute atomic E-state index is 13.1. The maximum Gasteiger partial charge on any atom is 0.295 e. The summed E-state index contributed by atoms with van der Waals surface area (Å²) in [5, 5.41) is 0. The van der Waals surface area contributed by atoms with Gasteiger partial charge in [-0.3, -0.25) is 4.79 Å². The highest BCUT2D eigenvalue weighted by atomic mass is 16.5. The molecule has 0 spiro atoms. The molecule has 2 saturated heterocycles. The molecule has 1 N–H and O–H groups in total. The quantitative estimate of drug-likeness (QED) is 0.420. The van der Waals surface area contributed by atoms with Gasteiger partial charge in [0.05, 0.1) is 6.61 Å². The Morgan fingerprint density at radius 2 is 1.62 bits per heavy atom. The Hall–Kier alpha value is -2.37. The van der Waals surface area contributed by atoms with Crippen molar-refractivity contribution in [1.82, 2.24) is 10.3 Å². The minimum Gasteiger partial charge on any atom is -0.494 e. The van der Waals surface area contributed by atoms with Gasteiger partial charge in [0, 0.05) is 30.8 Å². The van der Waals surface area contributed by atoms with Crippen LogP contribution in [0.5, 0.6) is 5.75 Å². The van der Waals surface area contributed by atoms with Crippen molar-refractivity contribution in [2.75, 3.05) is 39.3 Å². The summed E-state index contributed by atoms with van der Waals surface area (Å²) in [4.78, 5) is 15.8. The second kappa shape index (κ2) is 10.9. The van der Waals surface area contributed by atoms with E-state index in [4.69, 9.17) is 4.74 Å². The van der Waals surface area contributed by atoms with Gasteiger partial charge in [0.1, 0.15) is 25.4 Å². The second-order valence-corrected chi connectivity index (χ2v) is 10.7. The molecule has 0 radical (unpaired) electrons. The summed E-state index contributed by atoms with van der Waals surface area (Å²) in [6.45, 7) is 7.26. The summed E-state index contributed by atoms with van der Waals surface area (Å²) in [5.41, 5.74) is 5.34. The summed E-state index contributed by atoms with van der Waals surface area (Å²) in [5.74, 6) is 2.77. The number of nitrogens with one attached hydrogen (secondary N) is 1. The topological polar surface area (TPSA) is 41.6 Å². The van der Waals surface area contributed by atoms with Crippen LogP contribution >= 0.6 is 0 Å². The van der Waals surface area contributed by atoms with Crippen molar-refractivity contribution < 1.29 is 14.1 Å². The molecule has 1 saturated carbocycles. The van der Waals surface area contributed by atoms with Crippen LogP contribution in [0.2, 0.25) is 0 Å². The van der Waals surface area contributed by atoms with Gasteiger partial charge in [-0.2, -0.15) is 5.43 Å². The lowest BCUT2D eigenvalue weighted by molar-refractivity contribution is -0.977. The first-order chi connectivity index (χ1) is 16.7. The fourth-order valence-electron chi connectivity index (χ4n) is 6.34. The van der Waals surface area contributed by atoms with Crippen LogP contribution in [0.25, 0.3) is 0 Å². The van der Waals surface area contributed by atoms with Gasteiger partial charge >= 0.3 is 0 Å². The largest absolute Gasteiger partial charge is 0.494 e. The Labute approximate surface area is 204 Å². The van der Waals surface area contributed by atoms with Crippen LogP contribution in [0.15, 0.2) is 54.6 Å². The lowest BCUT2D eigenvalue weighted by atomic mass is 10.0. The van der Waals surface area contributed by atoms with Crippen LogP contribution in [-0.2, 0) is 6.54 Å². The summed E-state index contributed by atoms with van der Waals surface area (Å²) in [6.07, 6.45) is 8.91. The zero-order chi connectivity index (χ0) is 23.2. The lowest BCUT2D eigenvalue weighted by Gasteiger charge is -2.40. The highest BCUT2D eigenvalue weighted by molar-refractivity contribution is 5.93.